The minimum Gasteiger partial charge on any atom is -0.497 e. The van der Waals surface area contributed by atoms with Crippen LogP contribution in [0.1, 0.15) is 50.8 Å². The van der Waals surface area contributed by atoms with Gasteiger partial charge in [0.15, 0.2) is 22.9 Å². The van der Waals surface area contributed by atoms with Gasteiger partial charge in [0.1, 0.15) is 17.5 Å². The minimum absolute atomic E-state index is 0.0557. The molecule has 0 spiro atoms. The Bertz CT molecular complexity index is 1800. The van der Waals surface area contributed by atoms with Gasteiger partial charge in [-0.25, -0.2) is 9.79 Å². The van der Waals surface area contributed by atoms with Crippen LogP contribution in [-0.4, -0.2) is 68.5 Å². The summed E-state index contributed by atoms with van der Waals surface area (Å²) in [6, 6.07) is 9.68. The Hall–Kier alpha value is -4.58. The first kappa shape index (κ1) is 31.8. The Kier molecular flexibility index (Phi) is 9.92. The molecule has 1 fully saturated rings. The van der Waals surface area contributed by atoms with Gasteiger partial charge < -0.3 is 28.6 Å². The number of amides is 1. The molecular formula is C33H37N3O8S. The van der Waals surface area contributed by atoms with E-state index in [0.29, 0.717) is 55.8 Å². The van der Waals surface area contributed by atoms with Crippen LogP contribution in [0.3, 0.4) is 0 Å². The summed E-state index contributed by atoms with van der Waals surface area (Å²) in [5, 5.41) is 0. The zero-order valence-corrected chi connectivity index (χ0v) is 26.9. The highest BCUT2D eigenvalue weighted by Crippen LogP contribution is 2.38. The van der Waals surface area contributed by atoms with Crippen molar-refractivity contribution < 1.29 is 33.3 Å². The largest absolute Gasteiger partial charge is 0.497 e. The van der Waals surface area contributed by atoms with Gasteiger partial charge in [-0.1, -0.05) is 17.4 Å². The molecule has 3 aromatic rings. The number of esters is 1. The standard InChI is InChI=1S/C33H37N3O8S/c1-6-42-26-16-21(10-12-25(26)44-19-28(37)35-14-8-9-15-35)17-27-31(38)36-30(23-18-22(40-4)11-13-24(23)41-5)29(32(39)43-7-2)20(3)34-33(36)45-27/h10-13,16-18,30H,6-9,14-15,19H2,1-5H3/b27-17+/t30-/m0/s1. The lowest BCUT2D eigenvalue weighted by molar-refractivity contribution is -0.139. The van der Waals surface area contributed by atoms with Crippen molar-refractivity contribution in [1.82, 2.24) is 9.47 Å². The number of likely N-dealkylation sites (tertiary alicyclic amines) is 1. The predicted molar refractivity (Wildman–Crippen MR) is 169 cm³/mol. The average Bonchev–Trinajstić information content (AvgIpc) is 3.68. The highest BCUT2D eigenvalue weighted by molar-refractivity contribution is 7.07. The SMILES string of the molecule is CCOC(=O)C1=C(C)N=c2s/c(=C/c3ccc(OCC(=O)N4CCCC4)c(OCC)c3)c(=O)n2[C@H]1c1cc(OC)ccc1OC. The molecule has 0 N–H and O–H groups in total. The van der Waals surface area contributed by atoms with Crippen LogP contribution >= 0.6 is 11.3 Å². The van der Waals surface area contributed by atoms with Crippen LogP contribution in [-0.2, 0) is 14.3 Å². The number of fused-ring (bicyclic) bond motifs is 1. The van der Waals surface area contributed by atoms with Gasteiger partial charge in [-0.15, -0.1) is 0 Å². The number of hydrogen-bond acceptors (Lipinski definition) is 10. The van der Waals surface area contributed by atoms with E-state index in [2.05, 4.69) is 4.99 Å². The van der Waals surface area contributed by atoms with Gasteiger partial charge in [0, 0.05) is 18.7 Å². The van der Waals surface area contributed by atoms with E-state index >= 15 is 0 Å². The molecule has 5 rings (SSSR count). The minimum atomic E-state index is -0.865. The van der Waals surface area contributed by atoms with E-state index < -0.39 is 12.0 Å². The zero-order chi connectivity index (χ0) is 32.1. The van der Waals surface area contributed by atoms with Crippen molar-refractivity contribution in [1.29, 1.82) is 0 Å². The molecule has 2 aliphatic rings. The van der Waals surface area contributed by atoms with Crippen molar-refractivity contribution in [2.24, 2.45) is 4.99 Å². The molecule has 1 atom stereocenters. The summed E-state index contributed by atoms with van der Waals surface area (Å²) >= 11 is 1.21. The highest BCUT2D eigenvalue weighted by Gasteiger charge is 2.35. The van der Waals surface area contributed by atoms with Crippen molar-refractivity contribution in [3.05, 3.63) is 78.5 Å². The maximum absolute atomic E-state index is 14.1. The molecule has 1 aromatic heterocycles. The van der Waals surface area contributed by atoms with Gasteiger partial charge in [0.05, 0.1) is 43.2 Å². The van der Waals surface area contributed by atoms with E-state index in [9.17, 15) is 14.4 Å². The highest BCUT2D eigenvalue weighted by atomic mass is 32.1. The van der Waals surface area contributed by atoms with Crippen LogP contribution in [0.5, 0.6) is 23.0 Å². The van der Waals surface area contributed by atoms with Crippen LogP contribution in [0.25, 0.3) is 6.08 Å². The second kappa shape index (κ2) is 14.0. The lowest BCUT2D eigenvalue weighted by atomic mass is 9.94. The number of methoxy groups -OCH3 is 2. The van der Waals surface area contributed by atoms with Gasteiger partial charge in [-0.2, -0.15) is 0 Å². The summed E-state index contributed by atoms with van der Waals surface area (Å²) in [6.45, 7) is 7.29. The van der Waals surface area contributed by atoms with Crippen LogP contribution in [0.4, 0.5) is 0 Å². The number of aromatic nitrogens is 1. The fraction of sp³-hybridized carbons (Fsp3) is 0.394. The Balaban J connectivity index is 1.57. The number of ether oxygens (including phenoxy) is 5. The summed E-state index contributed by atoms with van der Waals surface area (Å²) < 4.78 is 30.1. The molecule has 238 valence electrons. The lowest BCUT2D eigenvalue weighted by Crippen LogP contribution is -2.40. The Morgan fingerprint density at radius 2 is 1.73 bits per heavy atom. The smallest absolute Gasteiger partial charge is 0.338 e. The van der Waals surface area contributed by atoms with E-state index in [-0.39, 0.29) is 30.3 Å². The molecule has 0 radical (unpaired) electrons. The number of nitrogens with zero attached hydrogens (tertiary/aromatic N) is 3. The zero-order valence-electron chi connectivity index (χ0n) is 26.1. The Morgan fingerprint density at radius 1 is 0.978 bits per heavy atom. The number of carbonyl (C=O) groups excluding carboxylic acids is 2. The van der Waals surface area contributed by atoms with E-state index in [4.69, 9.17) is 23.7 Å². The normalized spacial score (nSPS) is 16.2. The second-order valence-corrected chi connectivity index (χ2v) is 11.4. The van der Waals surface area contributed by atoms with Gasteiger partial charge in [-0.3, -0.25) is 14.2 Å². The number of thiazole rings is 1. The molecule has 2 aromatic carbocycles. The van der Waals surface area contributed by atoms with Crippen LogP contribution in [0.2, 0.25) is 0 Å². The molecule has 45 heavy (non-hydrogen) atoms. The Morgan fingerprint density at radius 3 is 2.42 bits per heavy atom. The first-order valence-electron chi connectivity index (χ1n) is 14.9. The lowest BCUT2D eigenvalue weighted by Gasteiger charge is -2.26. The van der Waals surface area contributed by atoms with E-state index in [1.54, 1.807) is 68.3 Å². The monoisotopic (exact) mass is 635 g/mol. The number of benzene rings is 2. The first-order chi connectivity index (χ1) is 21.8. The van der Waals surface area contributed by atoms with Crippen molar-refractivity contribution in [2.45, 2.75) is 39.7 Å². The third-order valence-corrected chi connectivity index (χ3v) is 8.61. The molecule has 11 nitrogen and oxygen atoms in total. The maximum Gasteiger partial charge on any atom is 0.338 e. The molecule has 12 heteroatoms. The van der Waals surface area contributed by atoms with Crippen molar-refractivity contribution in [2.75, 3.05) is 47.1 Å². The summed E-state index contributed by atoms with van der Waals surface area (Å²) in [6.07, 6.45) is 3.76. The quantitative estimate of drug-likeness (QED) is 0.295. The van der Waals surface area contributed by atoms with Gasteiger partial charge in [0.2, 0.25) is 0 Å². The maximum atomic E-state index is 14.1. The third kappa shape index (κ3) is 6.60. The molecule has 0 bridgehead atoms. The first-order valence-corrected chi connectivity index (χ1v) is 15.7. The van der Waals surface area contributed by atoms with E-state index in [1.807, 2.05) is 6.92 Å². The van der Waals surface area contributed by atoms with Crippen LogP contribution in [0.15, 0.2) is 57.5 Å². The summed E-state index contributed by atoms with van der Waals surface area (Å²) in [5.74, 6) is 1.31. The molecular weight excluding hydrogens is 598 g/mol. The summed E-state index contributed by atoms with van der Waals surface area (Å²) in [5.41, 5.74) is 1.60. The second-order valence-electron chi connectivity index (χ2n) is 10.4. The van der Waals surface area contributed by atoms with Crippen LogP contribution < -0.4 is 33.8 Å². The molecule has 1 saturated heterocycles. The molecule has 0 aliphatic carbocycles. The molecule has 2 aliphatic heterocycles. The molecule has 1 amide bonds. The Labute approximate surface area is 265 Å². The summed E-state index contributed by atoms with van der Waals surface area (Å²) in [7, 11) is 3.07. The fourth-order valence-electron chi connectivity index (χ4n) is 5.49. The van der Waals surface area contributed by atoms with Gasteiger partial charge >= 0.3 is 5.97 Å². The number of rotatable bonds is 11. The topological polar surface area (TPSA) is 118 Å². The van der Waals surface area contributed by atoms with Crippen molar-refractivity contribution >= 4 is 29.3 Å². The average molecular weight is 636 g/mol. The molecule has 3 heterocycles. The van der Waals surface area contributed by atoms with Crippen molar-refractivity contribution in [3.8, 4) is 23.0 Å². The van der Waals surface area contributed by atoms with Crippen LogP contribution in [0, 0.1) is 0 Å². The van der Waals surface area contributed by atoms with Gasteiger partial charge in [0.25, 0.3) is 11.5 Å². The predicted octanol–water partition coefficient (Wildman–Crippen LogP) is 3.22. The number of allylic oxidation sites excluding steroid dienone is 1. The number of carbonyl (C=O) groups is 2. The number of hydrogen-bond donors (Lipinski definition) is 0. The van der Waals surface area contributed by atoms with Crippen molar-refractivity contribution in [3.63, 3.8) is 0 Å². The van der Waals surface area contributed by atoms with E-state index in [0.717, 1.165) is 25.9 Å². The fourth-order valence-corrected chi connectivity index (χ4v) is 6.54. The third-order valence-electron chi connectivity index (χ3n) is 7.62. The van der Waals surface area contributed by atoms with Gasteiger partial charge in [-0.05, 0) is 75.6 Å². The molecule has 0 saturated carbocycles. The molecule has 0 unspecified atom stereocenters. The summed E-state index contributed by atoms with van der Waals surface area (Å²) in [4.78, 5) is 46.8. The van der Waals surface area contributed by atoms with E-state index in [1.165, 1.54) is 23.0 Å².